The van der Waals surface area contributed by atoms with Gasteiger partial charge in [-0.3, -0.25) is 4.79 Å². The standard InChI is InChI=1S/C13H12N2OS/c1-3-12(16)15-11-6-4-10(5-7-11)13-14-9(2)8-17-13/h3-8H,1H2,2H3,(H,15,16). The van der Waals surface area contributed by atoms with E-state index >= 15 is 0 Å². The molecule has 1 aromatic heterocycles. The molecule has 2 rings (SSSR count). The van der Waals surface area contributed by atoms with Crippen LogP contribution in [0.4, 0.5) is 5.69 Å². The fourth-order valence-electron chi connectivity index (χ4n) is 1.38. The molecule has 0 aliphatic carbocycles. The van der Waals surface area contributed by atoms with E-state index in [1.807, 2.05) is 36.6 Å². The van der Waals surface area contributed by atoms with Crippen LogP contribution in [0, 0.1) is 6.92 Å². The highest BCUT2D eigenvalue weighted by Gasteiger charge is 2.03. The normalized spacial score (nSPS) is 9.94. The van der Waals surface area contributed by atoms with Gasteiger partial charge < -0.3 is 5.32 Å². The number of hydrogen-bond acceptors (Lipinski definition) is 3. The minimum Gasteiger partial charge on any atom is -0.323 e. The highest BCUT2D eigenvalue weighted by molar-refractivity contribution is 7.13. The van der Waals surface area contributed by atoms with E-state index in [4.69, 9.17) is 0 Å². The van der Waals surface area contributed by atoms with Gasteiger partial charge in [0.2, 0.25) is 5.91 Å². The van der Waals surface area contributed by atoms with Gasteiger partial charge in [0.15, 0.2) is 0 Å². The maximum atomic E-state index is 11.1. The van der Waals surface area contributed by atoms with Crippen molar-refractivity contribution in [3.8, 4) is 10.6 Å². The zero-order valence-electron chi connectivity index (χ0n) is 9.43. The van der Waals surface area contributed by atoms with Crippen molar-refractivity contribution in [2.75, 3.05) is 5.32 Å². The molecule has 17 heavy (non-hydrogen) atoms. The molecule has 0 fully saturated rings. The highest BCUT2D eigenvalue weighted by Crippen LogP contribution is 2.24. The number of rotatable bonds is 3. The van der Waals surface area contributed by atoms with Gasteiger partial charge in [0.05, 0.1) is 0 Å². The third-order valence-corrected chi connectivity index (χ3v) is 3.21. The van der Waals surface area contributed by atoms with Crippen LogP contribution in [0.2, 0.25) is 0 Å². The van der Waals surface area contributed by atoms with E-state index in [9.17, 15) is 4.79 Å². The fourth-order valence-corrected chi connectivity index (χ4v) is 2.18. The number of aromatic nitrogens is 1. The number of amides is 1. The first kappa shape index (κ1) is 11.5. The predicted molar refractivity (Wildman–Crippen MR) is 71.1 cm³/mol. The van der Waals surface area contributed by atoms with Crippen LogP contribution in [0.3, 0.4) is 0 Å². The van der Waals surface area contributed by atoms with Gasteiger partial charge >= 0.3 is 0 Å². The summed E-state index contributed by atoms with van der Waals surface area (Å²) < 4.78 is 0. The monoisotopic (exact) mass is 244 g/mol. The third kappa shape index (κ3) is 2.79. The molecule has 86 valence electrons. The second kappa shape index (κ2) is 4.93. The number of benzene rings is 1. The van der Waals surface area contributed by atoms with Crippen molar-refractivity contribution < 1.29 is 4.79 Å². The van der Waals surface area contributed by atoms with Gasteiger partial charge in [-0.2, -0.15) is 0 Å². The summed E-state index contributed by atoms with van der Waals surface area (Å²) in [7, 11) is 0. The Bertz CT molecular complexity index is 543. The summed E-state index contributed by atoms with van der Waals surface area (Å²) in [6, 6.07) is 7.59. The summed E-state index contributed by atoms with van der Waals surface area (Å²) in [6.07, 6.45) is 1.25. The lowest BCUT2D eigenvalue weighted by Crippen LogP contribution is -2.06. The number of carbonyl (C=O) groups is 1. The molecule has 0 saturated heterocycles. The molecule has 0 aliphatic heterocycles. The molecular formula is C13H12N2OS. The molecular weight excluding hydrogens is 232 g/mol. The highest BCUT2D eigenvalue weighted by atomic mass is 32.1. The van der Waals surface area contributed by atoms with Crippen LogP contribution in [-0.2, 0) is 4.79 Å². The van der Waals surface area contributed by atoms with Crippen molar-refractivity contribution in [2.24, 2.45) is 0 Å². The molecule has 1 N–H and O–H groups in total. The second-order valence-corrected chi connectivity index (χ2v) is 4.42. The van der Waals surface area contributed by atoms with Crippen molar-refractivity contribution in [3.63, 3.8) is 0 Å². The predicted octanol–water partition coefficient (Wildman–Crippen LogP) is 3.24. The second-order valence-electron chi connectivity index (χ2n) is 3.56. The number of nitrogens with zero attached hydrogens (tertiary/aromatic N) is 1. The molecule has 0 unspecified atom stereocenters. The Hall–Kier alpha value is -1.94. The molecule has 0 spiro atoms. The summed E-state index contributed by atoms with van der Waals surface area (Å²) in [5.41, 5.74) is 2.83. The van der Waals surface area contributed by atoms with Crippen molar-refractivity contribution in [1.29, 1.82) is 0 Å². The zero-order valence-corrected chi connectivity index (χ0v) is 10.3. The molecule has 1 amide bonds. The van der Waals surface area contributed by atoms with Crippen LogP contribution in [0.15, 0.2) is 42.3 Å². The lowest BCUT2D eigenvalue weighted by Gasteiger charge is -2.02. The first-order valence-electron chi connectivity index (χ1n) is 5.15. The first-order valence-corrected chi connectivity index (χ1v) is 6.03. The molecule has 1 heterocycles. The Kier molecular flexibility index (Phi) is 3.35. The van der Waals surface area contributed by atoms with Crippen LogP contribution < -0.4 is 5.32 Å². The smallest absolute Gasteiger partial charge is 0.247 e. The molecule has 3 nitrogen and oxygen atoms in total. The van der Waals surface area contributed by atoms with E-state index in [1.165, 1.54) is 6.08 Å². The minimum absolute atomic E-state index is 0.206. The Morgan fingerprint density at radius 3 is 2.65 bits per heavy atom. The van der Waals surface area contributed by atoms with Crippen molar-refractivity contribution in [3.05, 3.63) is 48.0 Å². The van der Waals surface area contributed by atoms with E-state index in [2.05, 4.69) is 16.9 Å². The number of aryl methyl sites for hydroxylation is 1. The zero-order chi connectivity index (χ0) is 12.3. The van der Waals surface area contributed by atoms with E-state index in [1.54, 1.807) is 11.3 Å². The molecule has 0 aliphatic rings. The maximum absolute atomic E-state index is 11.1. The molecule has 4 heteroatoms. The summed E-state index contributed by atoms with van der Waals surface area (Å²) in [4.78, 5) is 15.5. The Morgan fingerprint density at radius 2 is 2.12 bits per heavy atom. The van der Waals surface area contributed by atoms with Gasteiger partial charge in [-0.15, -0.1) is 11.3 Å². The van der Waals surface area contributed by atoms with E-state index < -0.39 is 0 Å². The number of nitrogens with one attached hydrogen (secondary N) is 1. The van der Waals surface area contributed by atoms with Crippen LogP contribution in [0.5, 0.6) is 0 Å². The lowest BCUT2D eigenvalue weighted by atomic mass is 10.2. The quantitative estimate of drug-likeness (QED) is 0.842. The summed E-state index contributed by atoms with van der Waals surface area (Å²) in [6.45, 7) is 5.38. The Morgan fingerprint density at radius 1 is 1.41 bits per heavy atom. The molecule has 1 aromatic carbocycles. The average molecular weight is 244 g/mol. The number of thiazole rings is 1. The summed E-state index contributed by atoms with van der Waals surface area (Å²) >= 11 is 1.61. The molecule has 0 radical (unpaired) electrons. The number of carbonyl (C=O) groups excluding carboxylic acids is 1. The van der Waals surface area contributed by atoms with Gasteiger partial charge in [0.25, 0.3) is 0 Å². The van der Waals surface area contributed by atoms with Gasteiger partial charge in [0, 0.05) is 22.3 Å². The van der Waals surface area contributed by atoms with Crippen LogP contribution in [-0.4, -0.2) is 10.9 Å². The maximum Gasteiger partial charge on any atom is 0.247 e. The van der Waals surface area contributed by atoms with Gasteiger partial charge in [-0.05, 0) is 37.3 Å². The topological polar surface area (TPSA) is 42.0 Å². The molecule has 0 bridgehead atoms. The van der Waals surface area contributed by atoms with E-state index in [0.717, 1.165) is 22.0 Å². The Balaban J connectivity index is 2.18. The van der Waals surface area contributed by atoms with Crippen LogP contribution in [0.1, 0.15) is 5.69 Å². The van der Waals surface area contributed by atoms with Crippen LogP contribution in [0.25, 0.3) is 10.6 Å². The van der Waals surface area contributed by atoms with E-state index in [0.29, 0.717) is 0 Å². The molecule has 0 atom stereocenters. The first-order chi connectivity index (χ1) is 8.19. The van der Waals surface area contributed by atoms with Crippen LogP contribution >= 0.6 is 11.3 Å². The molecule has 0 saturated carbocycles. The number of hydrogen-bond donors (Lipinski definition) is 1. The van der Waals surface area contributed by atoms with Gasteiger partial charge in [-0.1, -0.05) is 6.58 Å². The largest absolute Gasteiger partial charge is 0.323 e. The van der Waals surface area contributed by atoms with Gasteiger partial charge in [0.1, 0.15) is 5.01 Å². The average Bonchev–Trinajstić information content (AvgIpc) is 2.77. The third-order valence-electron chi connectivity index (χ3n) is 2.20. The Labute approximate surface area is 104 Å². The SMILES string of the molecule is C=CC(=O)Nc1ccc(-c2nc(C)cs2)cc1. The van der Waals surface area contributed by atoms with Crippen molar-refractivity contribution >= 4 is 22.9 Å². The number of anilines is 1. The summed E-state index contributed by atoms with van der Waals surface area (Å²) in [5.74, 6) is -0.206. The summed E-state index contributed by atoms with van der Waals surface area (Å²) in [5, 5.41) is 5.71. The minimum atomic E-state index is -0.206. The van der Waals surface area contributed by atoms with Crippen molar-refractivity contribution in [1.82, 2.24) is 4.98 Å². The lowest BCUT2D eigenvalue weighted by molar-refractivity contribution is -0.111. The fraction of sp³-hybridized carbons (Fsp3) is 0.0769. The van der Waals surface area contributed by atoms with Gasteiger partial charge in [-0.25, -0.2) is 4.98 Å². The van der Waals surface area contributed by atoms with Crippen molar-refractivity contribution in [2.45, 2.75) is 6.92 Å². The van der Waals surface area contributed by atoms with E-state index in [-0.39, 0.29) is 5.91 Å². The molecule has 2 aromatic rings.